The van der Waals surface area contributed by atoms with Crippen LogP contribution in [0.15, 0.2) is 53.3 Å². The van der Waals surface area contributed by atoms with Crippen molar-refractivity contribution in [2.75, 3.05) is 0 Å². The summed E-state index contributed by atoms with van der Waals surface area (Å²) in [6.45, 7) is 0. The third-order valence-electron chi connectivity index (χ3n) is 3.04. The number of para-hydroxylation sites is 1. The first kappa shape index (κ1) is 14.3. The molecule has 1 heterocycles. The zero-order valence-electron chi connectivity index (χ0n) is 10.6. The highest BCUT2D eigenvalue weighted by Gasteiger charge is 2.18. The van der Waals surface area contributed by atoms with Crippen molar-refractivity contribution in [1.29, 1.82) is 0 Å². The molecule has 0 radical (unpaired) electrons. The van der Waals surface area contributed by atoms with E-state index in [-0.39, 0.29) is 10.6 Å². The number of hydrogen-bond donors (Lipinski definition) is 1. The van der Waals surface area contributed by atoms with Gasteiger partial charge in [-0.1, -0.05) is 53.0 Å². The maximum atomic E-state index is 11.9. The Balaban J connectivity index is 2.30. The number of nitrogens with zero attached hydrogens (tertiary/aromatic N) is 1. The first-order valence-electron chi connectivity index (χ1n) is 6.09. The van der Waals surface area contributed by atoms with Crippen molar-refractivity contribution in [3.8, 4) is 16.9 Å². The maximum Gasteiger partial charge on any atom is 0.283 e. The van der Waals surface area contributed by atoms with Gasteiger partial charge in [-0.25, -0.2) is 0 Å². The molecule has 3 nitrogen and oxygen atoms in total. The number of aromatic nitrogens is 2. The smallest absolute Gasteiger partial charge is 0.266 e. The molecular weight excluding hydrogens is 331 g/mol. The summed E-state index contributed by atoms with van der Waals surface area (Å²) in [5, 5.41) is 3.74. The molecule has 0 atom stereocenters. The van der Waals surface area contributed by atoms with Gasteiger partial charge in [0.1, 0.15) is 5.02 Å². The van der Waals surface area contributed by atoms with Crippen LogP contribution < -0.4 is 5.56 Å². The molecule has 1 N–H and O–H groups in total. The van der Waals surface area contributed by atoms with Crippen molar-refractivity contribution in [2.45, 2.75) is 0 Å². The topological polar surface area (TPSA) is 37.8 Å². The van der Waals surface area contributed by atoms with E-state index in [4.69, 9.17) is 34.8 Å². The lowest BCUT2D eigenvalue weighted by atomic mass is 10.1. The Morgan fingerprint density at radius 1 is 0.952 bits per heavy atom. The van der Waals surface area contributed by atoms with Crippen LogP contribution in [0.5, 0.6) is 0 Å². The molecule has 0 aliphatic heterocycles. The van der Waals surface area contributed by atoms with Gasteiger partial charge in [-0.3, -0.25) is 14.6 Å². The van der Waals surface area contributed by atoms with Crippen molar-refractivity contribution in [2.24, 2.45) is 0 Å². The van der Waals surface area contributed by atoms with Gasteiger partial charge in [0.25, 0.3) is 5.56 Å². The summed E-state index contributed by atoms with van der Waals surface area (Å²) < 4.78 is 1.61. The van der Waals surface area contributed by atoms with Crippen LogP contribution in [0.3, 0.4) is 0 Å². The summed E-state index contributed by atoms with van der Waals surface area (Å²) in [5.41, 5.74) is 1.55. The van der Waals surface area contributed by atoms with Crippen molar-refractivity contribution in [3.63, 3.8) is 0 Å². The SMILES string of the molecule is O=c1[nH]n(-c2ccccc2)c(-c2ccc(Cl)cc2Cl)c1Cl. The Kier molecular flexibility index (Phi) is 3.81. The molecule has 2 aromatic carbocycles. The van der Waals surface area contributed by atoms with E-state index < -0.39 is 0 Å². The number of aromatic amines is 1. The Labute approximate surface area is 135 Å². The predicted octanol–water partition coefficient (Wildman–Crippen LogP) is 4.79. The second-order valence-corrected chi connectivity index (χ2v) is 5.62. The quantitative estimate of drug-likeness (QED) is 0.716. The summed E-state index contributed by atoms with van der Waals surface area (Å²) in [4.78, 5) is 11.9. The lowest BCUT2D eigenvalue weighted by molar-refractivity contribution is 0.871. The molecule has 0 bridgehead atoms. The fourth-order valence-electron chi connectivity index (χ4n) is 2.10. The summed E-state index contributed by atoms with van der Waals surface area (Å²) >= 11 is 18.3. The van der Waals surface area contributed by atoms with E-state index in [1.54, 1.807) is 22.9 Å². The minimum absolute atomic E-state index is 0.0862. The number of H-pyrrole nitrogens is 1. The maximum absolute atomic E-state index is 11.9. The highest BCUT2D eigenvalue weighted by Crippen LogP contribution is 2.34. The zero-order valence-corrected chi connectivity index (χ0v) is 12.9. The zero-order chi connectivity index (χ0) is 15.0. The lowest BCUT2D eigenvalue weighted by Crippen LogP contribution is -2.04. The highest BCUT2D eigenvalue weighted by molar-refractivity contribution is 6.38. The number of nitrogens with one attached hydrogen (secondary N) is 1. The fraction of sp³-hybridized carbons (Fsp3) is 0. The Morgan fingerprint density at radius 3 is 2.33 bits per heavy atom. The van der Waals surface area contributed by atoms with E-state index in [0.717, 1.165) is 5.69 Å². The van der Waals surface area contributed by atoms with Gasteiger partial charge in [0.05, 0.1) is 16.4 Å². The molecule has 0 spiro atoms. The summed E-state index contributed by atoms with van der Waals surface area (Å²) in [7, 11) is 0. The van der Waals surface area contributed by atoms with Crippen LogP contribution in [0.4, 0.5) is 0 Å². The third kappa shape index (κ3) is 2.60. The molecule has 0 saturated carbocycles. The molecule has 21 heavy (non-hydrogen) atoms. The normalized spacial score (nSPS) is 10.8. The van der Waals surface area contributed by atoms with Gasteiger partial charge < -0.3 is 0 Å². The number of benzene rings is 2. The molecule has 0 amide bonds. The average molecular weight is 340 g/mol. The second kappa shape index (κ2) is 5.60. The summed E-state index contributed by atoms with van der Waals surface area (Å²) in [6.07, 6.45) is 0. The molecule has 3 rings (SSSR count). The predicted molar refractivity (Wildman–Crippen MR) is 86.9 cm³/mol. The van der Waals surface area contributed by atoms with Gasteiger partial charge >= 0.3 is 0 Å². The van der Waals surface area contributed by atoms with Crippen LogP contribution >= 0.6 is 34.8 Å². The van der Waals surface area contributed by atoms with Crippen LogP contribution in [0.25, 0.3) is 16.9 Å². The van der Waals surface area contributed by atoms with E-state index in [1.807, 2.05) is 30.3 Å². The van der Waals surface area contributed by atoms with Gasteiger partial charge in [0.15, 0.2) is 0 Å². The molecule has 0 aliphatic rings. The minimum Gasteiger partial charge on any atom is -0.266 e. The molecule has 0 saturated heterocycles. The van der Waals surface area contributed by atoms with Crippen molar-refractivity contribution < 1.29 is 0 Å². The largest absolute Gasteiger partial charge is 0.283 e. The monoisotopic (exact) mass is 338 g/mol. The summed E-state index contributed by atoms with van der Waals surface area (Å²) in [6, 6.07) is 14.4. The van der Waals surface area contributed by atoms with Crippen molar-refractivity contribution in [1.82, 2.24) is 9.78 Å². The molecule has 106 valence electrons. The summed E-state index contributed by atoms with van der Waals surface area (Å²) in [5.74, 6) is 0. The minimum atomic E-state index is -0.374. The van der Waals surface area contributed by atoms with Gasteiger partial charge in [0, 0.05) is 10.6 Å². The molecule has 6 heteroatoms. The van der Waals surface area contributed by atoms with E-state index >= 15 is 0 Å². The number of hydrogen-bond acceptors (Lipinski definition) is 1. The third-order valence-corrected chi connectivity index (χ3v) is 3.94. The Morgan fingerprint density at radius 2 is 1.67 bits per heavy atom. The molecule has 0 fully saturated rings. The van der Waals surface area contributed by atoms with E-state index in [2.05, 4.69) is 5.10 Å². The van der Waals surface area contributed by atoms with Crippen LogP contribution in [0, 0.1) is 0 Å². The Hall–Kier alpha value is -1.68. The van der Waals surface area contributed by atoms with Gasteiger partial charge in [-0.05, 0) is 30.3 Å². The molecule has 3 aromatic rings. The molecular formula is C15H9Cl3N2O. The second-order valence-electron chi connectivity index (χ2n) is 4.40. The average Bonchev–Trinajstić information content (AvgIpc) is 2.76. The molecule has 0 aliphatic carbocycles. The first-order chi connectivity index (χ1) is 10.1. The van der Waals surface area contributed by atoms with E-state index in [0.29, 0.717) is 21.3 Å². The van der Waals surface area contributed by atoms with Crippen LogP contribution in [0.1, 0.15) is 0 Å². The van der Waals surface area contributed by atoms with Crippen molar-refractivity contribution >= 4 is 34.8 Å². The highest BCUT2D eigenvalue weighted by atomic mass is 35.5. The number of halogens is 3. The fourth-order valence-corrected chi connectivity index (χ4v) is 2.83. The van der Waals surface area contributed by atoms with Crippen LogP contribution in [0.2, 0.25) is 15.1 Å². The standard InChI is InChI=1S/C15H9Cl3N2O/c16-9-6-7-11(12(17)8-9)14-13(18)15(21)19-20(14)10-4-2-1-3-5-10/h1-8H,(H,19,21). The van der Waals surface area contributed by atoms with Crippen LogP contribution in [-0.4, -0.2) is 9.78 Å². The Bertz CT molecular complexity index is 853. The number of rotatable bonds is 2. The molecule has 0 unspecified atom stereocenters. The lowest BCUT2D eigenvalue weighted by Gasteiger charge is -2.10. The van der Waals surface area contributed by atoms with Gasteiger partial charge in [-0.2, -0.15) is 0 Å². The van der Waals surface area contributed by atoms with Gasteiger partial charge in [-0.15, -0.1) is 0 Å². The molecule has 1 aromatic heterocycles. The first-order valence-corrected chi connectivity index (χ1v) is 7.22. The van der Waals surface area contributed by atoms with E-state index in [9.17, 15) is 4.79 Å². The van der Waals surface area contributed by atoms with Crippen molar-refractivity contribution in [3.05, 3.63) is 74.0 Å². The van der Waals surface area contributed by atoms with Gasteiger partial charge in [0.2, 0.25) is 0 Å². The van der Waals surface area contributed by atoms with Crippen LogP contribution in [-0.2, 0) is 0 Å². The van der Waals surface area contributed by atoms with E-state index in [1.165, 1.54) is 0 Å².